The molecular weight excluding hydrogens is 374 g/mol. The van der Waals surface area contributed by atoms with Gasteiger partial charge in [-0.25, -0.2) is 10.4 Å². The molecule has 1 heterocycles. The molecule has 2 amide bonds. The summed E-state index contributed by atoms with van der Waals surface area (Å²) in [4.78, 5) is 31.7. The van der Waals surface area contributed by atoms with Crippen molar-refractivity contribution in [1.29, 1.82) is 0 Å². The van der Waals surface area contributed by atoms with Gasteiger partial charge in [-0.15, -0.1) is 0 Å². The van der Waals surface area contributed by atoms with E-state index in [1.54, 1.807) is 13.0 Å². The highest BCUT2D eigenvalue weighted by Crippen LogP contribution is 2.35. The number of aromatic nitrogens is 2. The lowest BCUT2D eigenvalue weighted by atomic mass is 10.2. The van der Waals surface area contributed by atoms with Gasteiger partial charge in [-0.2, -0.15) is 5.10 Å². The second-order valence-electron chi connectivity index (χ2n) is 5.29. The normalized spacial score (nSPS) is 10.9. The van der Waals surface area contributed by atoms with Crippen molar-refractivity contribution in [2.24, 2.45) is 5.10 Å². The highest BCUT2D eigenvalue weighted by atomic mass is 35.5. The Morgan fingerprint density at radius 2 is 1.93 bits per heavy atom. The largest absolute Gasteiger partial charge is 0.495 e. The van der Waals surface area contributed by atoms with E-state index < -0.39 is 5.91 Å². The number of nitrogens with zero attached hydrogens (tertiary/aromatic N) is 3. The van der Waals surface area contributed by atoms with Gasteiger partial charge in [-0.1, -0.05) is 11.6 Å². The predicted molar refractivity (Wildman–Crippen MR) is 100 cm³/mol. The molecule has 0 radical (unpaired) electrons. The molecule has 142 valence electrons. The molecule has 2 N–H and O–H groups in total. The number of carbonyl (C=O) groups excluding carboxylic acids is 2. The first kappa shape index (κ1) is 20.1. The van der Waals surface area contributed by atoms with Crippen LogP contribution in [-0.2, 0) is 4.79 Å². The molecule has 10 heteroatoms. The van der Waals surface area contributed by atoms with Crippen molar-refractivity contribution >= 4 is 34.8 Å². The monoisotopic (exact) mass is 391 g/mol. The summed E-state index contributed by atoms with van der Waals surface area (Å²) in [7, 11) is 2.93. The first-order valence-corrected chi connectivity index (χ1v) is 8.13. The Balaban J connectivity index is 1.99. The molecule has 9 nitrogen and oxygen atoms in total. The van der Waals surface area contributed by atoms with Crippen molar-refractivity contribution in [3.05, 3.63) is 41.4 Å². The zero-order chi connectivity index (χ0) is 19.8. The zero-order valence-corrected chi connectivity index (χ0v) is 15.7. The second kappa shape index (κ2) is 9.48. The maximum atomic E-state index is 12.2. The fraction of sp³-hybridized carbons (Fsp3) is 0.235. The van der Waals surface area contributed by atoms with E-state index in [0.29, 0.717) is 27.9 Å². The van der Waals surface area contributed by atoms with Crippen LogP contribution in [0.4, 0.5) is 5.69 Å². The SMILES string of the molecule is COc1cc(NC(=O)C/C(C)=N/NC(=O)c2cnccn2)c(OC)cc1Cl. The fourth-order valence-electron chi connectivity index (χ4n) is 2.04. The van der Waals surface area contributed by atoms with Crippen LogP contribution in [0.2, 0.25) is 5.02 Å². The number of rotatable bonds is 7. The second-order valence-corrected chi connectivity index (χ2v) is 5.70. The number of benzene rings is 1. The van der Waals surface area contributed by atoms with Crippen molar-refractivity contribution in [3.63, 3.8) is 0 Å². The minimum absolute atomic E-state index is 0.0468. The quantitative estimate of drug-likeness (QED) is 0.552. The topological polar surface area (TPSA) is 115 Å². The van der Waals surface area contributed by atoms with Crippen LogP contribution in [0.5, 0.6) is 11.5 Å². The van der Waals surface area contributed by atoms with Crippen LogP contribution >= 0.6 is 11.6 Å². The number of hydrazone groups is 1. The number of carbonyl (C=O) groups is 2. The molecule has 1 aromatic heterocycles. The molecule has 2 rings (SSSR count). The van der Waals surface area contributed by atoms with Gasteiger partial charge in [0.15, 0.2) is 0 Å². The number of nitrogens with one attached hydrogen (secondary N) is 2. The third-order valence-corrected chi connectivity index (χ3v) is 3.60. The van der Waals surface area contributed by atoms with Crippen molar-refractivity contribution in [3.8, 4) is 11.5 Å². The Hall–Kier alpha value is -3.20. The van der Waals surface area contributed by atoms with Crippen LogP contribution in [-0.4, -0.2) is 41.7 Å². The molecule has 1 aromatic carbocycles. The number of halogens is 1. The minimum Gasteiger partial charge on any atom is -0.495 e. The number of methoxy groups -OCH3 is 2. The Morgan fingerprint density at radius 1 is 1.19 bits per heavy atom. The molecule has 0 aliphatic carbocycles. The Labute approximate surface area is 160 Å². The lowest BCUT2D eigenvalue weighted by Crippen LogP contribution is -2.22. The van der Waals surface area contributed by atoms with Gasteiger partial charge in [0.25, 0.3) is 5.91 Å². The van der Waals surface area contributed by atoms with Gasteiger partial charge < -0.3 is 14.8 Å². The molecular formula is C17H18ClN5O4. The molecule has 0 saturated carbocycles. The lowest BCUT2D eigenvalue weighted by molar-refractivity contribution is -0.115. The van der Waals surface area contributed by atoms with Crippen molar-refractivity contribution < 1.29 is 19.1 Å². The Kier molecular flexibility index (Phi) is 7.07. The molecule has 27 heavy (non-hydrogen) atoms. The van der Waals surface area contributed by atoms with Crippen molar-refractivity contribution in [2.75, 3.05) is 19.5 Å². The molecule has 0 aliphatic rings. The van der Waals surface area contributed by atoms with Crippen molar-refractivity contribution in [2.45, 2.75) is 13.3 Å². The summed E-state index contributed by atoms with van der Waals surface area (Å²) in [5.41, 5.74) is 3.24. The predicted octanol–water partition coefficient (Wildman–Crippen LogP) is 2.28. The van der Waals surface area contributed by atoms with Gasteiger partial charge in [0.05, 0.1) is 37.5 Å². The summed E-state index contributed by atoms with van der Waals surface area (Å²) < 4.78 is 10.3. The summed E-state index contributed by atoms with van der Waals surface area (Å²) >= 11 is 6.04. The van der Waals surface area contributed by atoms with Gasteiger partial charge in [0, 0.05) is 30.2 Å². The number of anilines is 1. The number of hydrogen-bond acceptors (Lipinski definition) is 7. The molecule has 0 aliphatic heterocycles. The van der Waals surface area contributed by atoms with Crippen LogP contribution in [0, 0.1) is 0 Å². The summed E-state index contributed by atoms with van der Waals surface area (Å²) in [6.07, 6.45) is 4.12. The maximum Gasteiger partial charge on any atom is 0.291 e. The molecule has 0 spiro atoms. The highest BCUT2D eigenvalue weighted by Gasteiger charge is 2.13. The van der Waals surface area contributed by atoms with Gasteiger partial charge in [-0.05, 0) is 6.92 Å². The average molecular weight is 392 g/mol. The molecule has 0 atom stereocenters. The summed E-state index contributed by atoms with van der Waals surface area (Å²) in [6, 6.07) is 3.10. The van der Waals surface area contributed by atoms with Gasteiger partial charge >= 0.3 is 0 Å². The van der Waals surface area contributed by atoms with Crippen LogP contribution in [0.1, 0.15) is 23.8 Å². The van der Waals surface area contributed by atoms with E-state index in [1.165, 1.54) is 38.9 Å². The molecule has 0 bridgehead atoms. The van der Waals surface area contributed by atoms with Crippen LogP contribution in [0.15, 0.2) is 35.8 Å². The summed E-state index contributed by atoms with van der Waals surface area (Å²) in [5, 5.41) is 6.94. The number of amides is 2. The third kappa shape index (κ3) is 5.65. The van der Waals surface area contributed by atoms with E-state index in [1.807, 2.05) is 0 Å². The summed E-state index contributed by atoms with van der Waals surface area (Å²) in [5.74, 6) is -0.0891. The fourth-order valence-corrected chi connectivity index (χ4v) is 2.28. The Morgan fingerprint density at radius 3 is 2.56 bits per heavy atom. The smallest absolute Gasteiger partial charge is 0.291 e. The highest BCUT2D eigenvalue weighted by molar-refractivity contribution is 6.32. The molecule has 2 aromatic rings. The first-order valence-electron chi connectivity index (χ1n) is 7.75. The third-order valence-electron chi connectivity index (χ3n) is 3.31. The number of ether oxygens (including phenoxy) is 2. The maximum absolute atomic E-state index is 12.2. The van der Waals surface area contributed by atoms with E-state index in [-0.39, 0.29) is 18.0 Å². The van der Waals surface area contributed by atoms with Gasteiger partial charge in [0.1, 0.15) is 17.2 Å². The van der Waals surface area contributed by atoms with Gasteiger partial charge in [-0.3, -0.25) is 14.6 Å². The lowest BCUT2D eigenvalue weighted by Gasteiger charge is -2.13. The van der Waals surface area contributed by atoms with Crippen LogP contribution in [0.25, 0.3) is 0 Å². The standard InChI is InChI=1S/C17H18ClN5O4/c1-10(22-23-17(25)13-9-19-4-5-20-13)6-16(24)21-12-8-14(26-2)11(18)7-15(12)27-3/h4-5,7-9H,6H2,1-3H3,(H,21,24)(H,23,25)/b22-10+. The molecule has 0 unspecified atom stereocenters. The van der Waals surface area contributed by atoms with Crippen LogP contribution < -0.4 is 20.2 Å². The van der Waals surface area contributed by atoms with E-state index in [2.05, 4.69) is 25.8 Å². The van der Waals surface area contributed by atoms with Gasteiger partial charge in [0.2, 0.25) is 5.91 Å². The van der Waals surface area contributed by atoms with Crippen LogP contribution in [0.3, 0.4) is 0 Å². The van der Waals surface area contributed by atoms with E-state index >= 15 is 0 Å². The Bertz CT molecular complexity index is 858. The minimum atomic E-state index is -0.521. The average Bonchev–Trinajstić information content (AvgIpc) is 2.67. The van der Waals surface area contributed by atoms with Crippen molar-refractivity contribution in [1.82, 2.24) is 15.4 Å². The first-order chi connectivity index (χ1) is 12.9. The molecule has 0 saturated heterocycles. The van der Waals surface area contributed by atoms with E-state index in [9.17, 15) is 9.59 Å². The molecule has 0 fully saturated rings. The number of hydrogen-bond donors (Lipinski definition) is 2. The summed E-state index contributed by atoms with van der Waals surface area (Å²) in [6.45, 7) is 1.61. The van der Waals surface area contributed by atoms with E-state index in [0.717, 1.165) is 0 Å². The van der Waals surface area contributed by atoms with E-state index in [4.69, 9.17) is 21.1 Å². The zero-order valence-electron chi connectivity index (χ0n) is 14.9.